The van der Waals surface area contributed by atoms with Crippen LogP contribution in [-0.2, 0) is 33.4 Å². The molecular weight excluding hydrogens is 747 g/mol. The zero-order valence-electron chi connectivity index (χ0n) is 26.7. The summed E-state index contributed by atoms with van der Waals surface area (Å²) in [5, 5.41) is 7.87. The average Bonchev–Trinajstić information content (AvgIpc) is 3.69. The van der Waals surface area contributed by atoms with Crippen molar-refractivity contribution in [2.45, 2.75) is 87.4 Å². The summed E-state index contributed by atoms with van der Waals surface area (Å²) in [6.07, 6.45) is 6.34. The number of alkyl halides is 1. The van der Waals surface area contributed by atoms with Gasteiger partial charge < -0.3 is 30.3 Å². The Morgan fingerprint density at radius 2 is 1.76 bits per heavy atom. The van der Waals surface area contributed by atoms with Crippen molar-refractivity contribution in [1.29, 1.82) is 0 Å². The number of ether oxygens (including phenoxy) is 2. The molecule has 2 heterocycles. The van der Waals surface area contributed by atoms with E-state index in [-0.39, 0.29) is 41.5 Å². The van der Waals surface area contributed by atoms with Gasteiger partial charge in [0.15, 0.2) is 0 Å². The van der Waals surface area contributed by atoms with Gasteiger partial charge in [0.25, 0.3) is 5.91 Å². The lowest BCUT2D eigenvalue weighted by Gasteiger charge is -2.34. The number of rotatable bonds is 16. The fraction of sp³-hybridized carbons (Fsp3) is 0.742. The maximum atomic E-state index is 14.4. The molecular formula is C31H47IN4O8S2. The third-order valence-corrected chi connectivity index (χ3v) is 13.2. The predicted molar refractivity (Wildman–Crippen MR) is 187 cm³/mol. The van der Waals surface area contributed by atoms with Gasteiger partial charge in [0, 0.05) is 28.9 Å². The van der Waals surface area contributed by atoms with Crippen LogP contribution < -0.4 is 16.0 Å². The second-order valence-corrected chi connectivity index (χ2v) is 16.1. The number of nitrogens with zero attached hydrogens (tertiary/aromatic N) is 1. The number of carbonyl (C=O) groups is 6. The van der Waals surface area contributed by atoms with E-state index < -0.39 is 54.3 Å². The van der Waals surface area contributed by atoms with Gasteiger partial charge in [-0.2, -0.15) is 0 Å². The van der Waals surface area contributed by atoms with Crippen LogP contribution in [0.2, 0.25) is 0 Å². The van der Waals surface area contributed by atoms with Crippen LogP contribution in [0.25, 0.3) is 0 Å². The molecule has 4 atom stereocenters. The van der Waals surface area contributed by atoms with E-state index in [2.05, 4.69) is 45.1 Å². The van der Waals surface area contributed by atoms with E-state index in [0.717, 1.165) is 48.0 Å². The first kappa shape index (κ1) is 38.4. The lowest BCUT2D eigenvalue weighted by Crippen LogP contribution is -2.58. The van der Waals surface area contributed by atoms with Gasteiger partial charge in [0.05, 0.1) is 16.7 Å². The molecule has 46 heavy (non-hydrogen) atoms. The molecule has 1 saturated carbocycles. The first-order valence-electron chi connectivity index (χ1n) is 16.0. The summed E-state index contributed by atoms with van der Waals surface area (Å²) in [6.45, 7) is 7.29. The van der Waals surface area contributed by atoms with Gasteiger partial charge in [-0.3, -0.25) is 24.0 Å². The second kappa shape index (κ2) is 19.1. The van der Waals surface area contributed by atoms with Crippen LogP contribution in [-0.4, -0.2) is 105 Å². The summed E-state index contributed by atoms with van der Waals surface area (Å²) in [7, 11) is 0. The summed E-state index contributed by atoms with van der Waals surface area (Å²) in [6, 6.07) is -2.87. The summed E-state index contributed by atoms with van der Waals surface area (Å²) >= 11 is 5.67. The minimum Gasteiger partial charge on any atom is -0.460 e. The van der Waals surface area contributed by atoms with Crippen molar-refractivity contribution >= 4 is 81.7 Å². The third kappa shape index (κ3) is 11.0. The number of Topliss-reactive ketones (excluding diaryl/α,β-unsaturated/α-hetero) is 1. The van der Waals surface area contributed by atoms with Crippen LogP contribution in [0.1, 0.15) is 65.2 Å². The van der Waals surface area contributed by atoms with E-state index >= 15 is 0 Å². The molecule has 2 saturated heterocycles. The summed E-state index contributed by atoms with van der Waals surface area (Å²) < 4.78 is 10.7. The Kier molecular flexibility index (Phi) is 16.0. The molecule has 0 aromatic heterocycles. The van der Waals surface area contributed by atoms with Crippen LogP contribution in [0, 0.1) is 11.8 Å². The third-order valence-electron chi connectivity index (χ3n) is 8.30. The minimum atomic E-state index is -1.14. The maximum Gasteiger partial charge on any atom is 0.407 e. The smallest absolute Gasteiger partial charge is 0.407 e. The normalized spacial score (nSPS) is 21.1. The average molecular weight is 795 g/mol. The molecule has 3 N–H and O–H groups in total. The Bertz CT molecular complexity index is 1120. The van der Waals surface area contributed by atoms with Gasteiger partial charge >= 0.3 is 12.1 Å². The fourth-order valence-electron chi connectivity index (χ4n) is 5.90. The van der Waals surface area contributed by atoms with E-state index in [1.807, 2.05) is 13.8 Å². The number of halogens is 1. The number of likely N-dealkylation sites (tertiary alicyclic amines) is 1. The highest BCUT2D eigenvalue weighted by Crippen LogP contribution is 2.52. The van der Waals surface area contributed by atoms with Gasteiger partial charge in [-0.15, -0.1) is 23.5 Å². The minimum absolute atomic E-state index is 0.0259. The highest BCUT2D eigenvalue weighted by atomic mass is 127. The van der Waals surface area contributed by atoms with Crippen molar-refractivity contribution in [2.24, 2.45) is 11.8 Å². The molecule has 1 spiro atoms. The lowest BCUT2D eigenvalue weighted by molar-refractivity contribution is -0.145. The van der Waals surface area contributed by atoms with Crippen LogP contribution >= 0.6 is 46.1 Å². The predicted octanol–water partition coefficient (Wildman–Crippen LogP) is 3.21. The molecule has 4 amide bonds. The van der Waals surface area contributed by atoms with Crippen molar-refractivity contribution < 1.29 is 38.2 Å². The monoisotopic (exact) mass is 794 g/mol. The van der Waals surface area contributed by atoms with Crippen molar-refractivity contribution in [3.05, 3.63) is 12.7 Å². The van der Waals surface area contributed by atoms with Crippen LogP contribution in [0.5, 0.6) is 0 Å². The molecule has 1 aliphatic carbocycles. The number of carbonyl (C=O) groups excluding carboxylic acids is 6. The highest BCUT2D eigenvalue weighted by molar-refractivity contribution is 14.1. The number of esters is 1. The Balaban J connectivity index is 1.78. The largest absolute Gasteiger partial charge is 0.460 e. The standard InChI is InChI=1S/C31H47IN4O8S2/c1-4-9-22(26(38)28(40)33-17-24(37)43-12-5-2)34-27(39)23-15-31(45-13-14-46-31)19-36(23)29(41)25(21-10-7-6-8-11-21)35-30(42)44-18-20(3)16-32/h5,20-23,25H,2,4,6-19H2,1,3H3,(H,33,40)(H,34,39)(H,35,42)/t20?,22?,23-,25?/m0/s1. The molecule has 3 aliphatic rings. The Hall–Kier alpha value is -2.01. The maximum absolute atomic E-state index is 14.4. The molecule has 258 valence electrons. The molecule has 15 heteroatoms. The molecule has 12 nitrogen and oxygen atoms in total. The number of hydrogen-bond donors (Lipinski definition) is 3. The van der Waals surface area contributed by atoms with E-state index in [4.69, 9.17) is 9.47 Å². The van der Waals surface area contributed by atoms with Crippen LogP contribution in [0.3, 0.4) is 0 Å². The first-order chi connectivity index (χ1) is 22.0. The van der Waals surface area contributed by atoms with Crippen molar-refractivity contribution in [3.63, 3.8) is 0 Å². The van der Waals surface area contributed by atoms with Crippen molar-refractivity contribution in [2.75, 3.05) is 42.2 Å². The number of hydrogen-bond acceptors (Lipinski definition) is 10. The van der Waals surface area contributed by atoms with Gasteiger partial charge in [0.1, 0.15) is 25.2 Å². The van der Waals surface area contributed by atoms with Crippen LogP contribution in [0.4, 0.5) is 4.79 Å². The summed E-state index contributed by atoms with van der Waals surface area (Å²) in [5.41, 5.74) is 0. The van der Waals surface area contributed by atoms with E-state index in [9.17, 15) is 28.8 Å². The summed E-state index contributed by atoms with van der Waals surface area (Å²) in [4.78, 5) is 80.3. The number of nitrogens with one attached hydrogen (secondary N) is 3. The fourth-order valence-corrected chi connectivity index (χ4v) is 9.41. The SMILES string of the molecule is C=CCOC(=O)CNC(=O)C(=O)C(CCC)NC(=O)[C@@H]1CC2(CN1C(=O)C(NC(=O)OCC(C)CI)C1CCCCC1)SCCS2. The molecule has 3 rings (SSSR count). The van der Waals surface area contributed by atoms with E-state index in [0.29, 0.717) is 19.4 Å². The van der Waals surface area contributed by atoms with Gasteiger partial charge in [-0.25, -0.2) is 4.79 Å². The number of thioether (sulfide) groups is 2. The molecule has 0 aromatic carbocycles. The zero-order chi connectivity index (χ0) is 33.7. The highest BCUT2D eigenvalue weighted by Gasteiger charge is 2.53. The molecule has 3 unspecified atom stereocenters. The molecule has 0 aromatic rings. The summed E-state index contributed by atoms with van der Waals surface area (Å²) in [5.74, 6) is -1.61. The number of alkyl carbamates (subject to hydrolysis) is 1. The van der Waals surface area contributed by atoms with Gasteiger partial charge in [-0.05, 0) is 31.1 Å². The topological polar surface area (TPSA) is 160 Å². The Morgan fingerprint density at radius 1 is 1.07 bits per heavy atom. The van der Waals surface area contributed by atoms with E-state index in [1.54, 1.807) is 28.4 Å². The Labute approximate surface area is 293 Å². The molecule has 0 bridgehead atoms. The lowest BCUT2D eigenvalue weighted by atomic mass is 9.83. The van der Waals surface area contributed by atoms with E-state index in [1.165, 1.54) is 6.08 Å². The molecule has 0 radical (unpaired) electrons. The second-order valence-electron chi connectivity index (χ2n) is 12.0. The Morgan fingerprint density at radius 3 is 2.39 bits per heavy atom. The zero-order valence-corrected chi connectivity index (χ0v) is 30.5. The van der Waals surface area contributed by atoms with Crippen LogP contribution in [0.15, 0.2) is 12.7 Å². The van der Waals surface area contributed by atoms with Crippen molar-refractivity contribution in [3.8, 4) is 0 Å². The number of amides is 4. The van der Waals surface area contributed by atoms with Gasteiger partial charge in [0.2, 0.25) is 17.6 Å². The first-order valence-corrected chi connectivity index (χ1v) is 19.5. The molecule has 3 fully saturated rings. The number of ketones is 1. The quantitative estimate of drug-likeness (QED) is 0.0697. The van der Waals surface area contributed by atoms with Gasteiger partial charge in [-0.1, -0.05) is 74.8 Å². The van der Waals surface area contributed by atoms with Crippen molar-refractivity contribution in [1.82, 2.24) is 20.9 Å². The molecule has 2 aliphatic heterocycles.